The van der Waals surface area contributed by atoms with E-state index >= 15 is 0 Å². The summed E-state index contributed by atoms with van der Waals surface area (Å²) < 4.78 is 55.5. The minimum absolute atomic E-state index is 0.0875. The van der Waals surface area contributed by atoms with Crippen LogP contribution >= 0.6 is 0 Å². The Morgan fingerprint density at radius 3 is 2.59 bits per heavy atom. The third-order valence-corrected chi connectivity index (χ3v) is 3.05. The van der Waals surface area contributed by atoms with Crippen LogP contribution in [0.15, 0.2) is 22.6 Å². The lowest BCUT2D eigenvalue weighted by Crippen LogP contribution is -2.10. The number of rotatable bonds is 5. The van der Waals surface area contributed by atoms with Crippen molar-refractivity contribution in [1.29, 1.82) is 0 Å². The molecule has 0 aliphatic rings. The van der Waals surface area contributed by atoms with Crippen molar-refractivity contribution < 1.29 is 27.1 Å². The molecular weight excluding hydrogens is 304 g/mol. The van der Waals surface area contributed by atoms with E-state index in [0.717, 1.165) is 6.07 Å². The van der Waals surface area contributed by atoms with Crippen LogP contribution in [0.3, 0.4) is 0 Å². The van der Waals surface area contributed by atoms with Gasteiger partial charge in [0.2, 0.25) is 11.8 Å². The van der Waals surface area contributed by atoms with Crippen LogP contribution in [0.2, 0.25) is 0 Å². The number of nitrogens with zero attached hydrogens (tertiary/aromatic N) is 2. The Bertz CT molecular complexity index is 640. The Hall–Kier alpha value is -1.96. The Balaban J connectivity index is 2.11. The van der Waals surface area contributed by atoms with Gasteiger partial charge in [0.25, 0.3) is 0 Å². The molecule has 0 bridgehead atoms. The second kappa shape index (κ2) is 6.43. The third kappa shape index (κ3) is 4.52. The molecule has 4 nitrogen and oxygen atoms in total. The lowest BCUT2D eigenvalue weighted by molar-refractivity contribution is -0.133. The molecule has 0 aliphatic heterocycles. The molecule has 1 atom stereocenters. The van der Waals surface area contributed by atoms with Crippen LogP contribution in [-0.2, 0) is 12.8 Å². The molecule has 1 aromatic carbocycles. The van der Waals surface area contributed by atoms with E-state index < -0.39 is 24.5 Å². The molecule has 1 aromatic heterocycles. The van der Waals surface area contributed by atoms with E-state index in [0.29, 0.717) is 11.5 Å². The SMILES string of the molecule is Cc1nnc(CC(O)c2cc(CCC(F)(F)F)ccc2F)o1. The summed E-state index contributed by atoms with van der Waals surface area (Å²) in [5.41, 5.74) is 0.213. The average molecular weight is 318 g/mol. The van der Waals surface area contributed by atoms with Crippen molar-refractivity contribution >= 4 is 0 Å². The first-order chi connectivity index (χ1) is 10.2. The van der Waals surface area contributed by atoms with Crippen LogP contribution in [0.5, 0.6) is 0 Å². The van der Waals surface area contributed by atoms with Gasteiger partial charge < -0.3 is 9.52 Å². The zero-order chi connectivity index (χ0) is 16.3. The van der Waals surface area contributed by atoms with E-state index in [1.165, 1.54) is 12.1 Å². The molecule has 1 N–H and O–H groups in total. The number of aliphatic hydroxyl groups excluding tert-OH is 1. The first kappa shape index (κ1) is 16.4. The van der Waals surface area contributed by atoms with Gasteiger partial charge in [-0.25, -0.2) is 4.39 Å². The van der Waals surface area contributed by atoms with Crippen molar-refractivity contribution in [3.8, 4) is 0 Å². The zero-order valence-corrected chi connectivity index (χ0v) is 11.7. The van der Waals surface area contributed by atoms with Gasteiger partial charge in [-0.15, -0.1) is 10.2 Å². The van der Waals surface area contributed by atoms with E-state index in [9.17, 15) is 22.7 Å². The van der Waals surface area contributed by atoms with Crippen LogP contribution in [0.4, 0.5) is 17.6 Å². The van der Waals surface area contributed by atoms with Crippen LogP contribution in [0, 0.1) is 12.7 Å². The summed E-state index contributed by atoms with van der Waals surface area (Å²) in [4.78, 5) is 0. The number of aliphatic hydroxyl groups is 1. The highest BCUT2D eigenvalue weighted by Crippen LogP contribution is 2.26. The molecule has 0 radical (unpaired) electrons. The molecule has 0 aliphatic carbocycles. The van der Waals surface area contributed by atoms with E-state index in [1.54, 1.807) is 6.92 Å². The Kier molecular flexibility index (Phi) is 4.80. The van der Waals surface area contributed by atoms with E-state index in [1.807, 2.05) is 0 Å². The molecule has 0 amide bonds. The highest BCUT2D eigenvalue weighted by atomic mass is 19.4. The summed E-state index contributed by atoms with van der Waals surface area (Å²) >= 11 is 0. The third-order valence-electron chi connectivity index (χ3n) is 3.05. The van der Waals surface area contributed by atoms with Gasteiger partial charge in [0.1, 0.15) is 5.82 Å². The van der Waals surface area contributed by atoms with Gasteiger partial charge in [0.05, 0.1) is 12.5 Å². The molecule has 22 heavy (non-hydrogen) atoms. The molecule has 1 heterocycles. The number of aromatic nitrogens is 2. The van der Waals surface area contributed by atoms with Gasteiger partial charge in [-0.3, -0.25) is 0 Å². The Morgan fingerprint density at radius 1 is 1.27 bits per heavy atom. The number of benzene rings is 1. The Morgan fingerprint density at radius 2 is 2.00 bits per heavy atom. The second-order valence-corrected chi connectivity index (χ2v) is 4.91. The highest BCUT2D eigenvalue weighted by Gasteiger charge is 2.27. The predicted octanol–water partition coefficient (Wildman–Crippen LogP) is 3.29. The fraction of sp³-hybridized carbons (Fsp3) is 0.429. The molecule has 1 unspecified atom stereocenters. The number of hydrogen-bond acceptors (Lipinski definition) is 4. The van der Waals surface area contributed by atoms with Crippen molar-refractivity contribution in [1.82, 2.24) is 10.2 Å². The minimum atomic E-state index is -4.28. The van der Waals surface area contributed by atoms with Crippen molar-refractivity contribution in [2.45, 2.75) is 38.5 Å². The van der Waals surface area contributed by atoms with Crippen LogP contribution in [0.1, 0.15) is 35.4 Å². The fourth-order valence-electron chi connectivity index (χ4n) is 1.99. The van der Waals surface area contributed by atoms with Crippen molar-refractivity contribution in [3.05, 3.63) is 46.9 Å². The van der Waals surface area contributed by atoms with E-state index in [-0.39, 0.29) is 24.3 Å². The molecule has 0 spiro atoms. The lowest BCUT2D eigenvalue weighted by atomic mass is 10.0. The minimum Gasteiger partial charge on any atom is -0.425 e. The fourth-order valence-corrected chi connectivity index (χ4v) is 1.99. The predicted molar refractivity (Wildman–Crippen MR) is 68.5 cm³/mol. The molecule has 0 saturated heterocycles. The number of aryl methyl sites for hydroxylation is 2. The maximum Gasteiger partial charge on any atom is 0.389 e. The number of alkyl halides is 3. The molecular formula is C14H14F4N2O2. The van der Waals surface area contributed by atoms with Crippen LogP contribution in [-0.4, -0.2) is 21.5 Å². The summed E-state index contributed by atoms with van der Waals surface area (Å²) in [6.07, 6.45) is -6.94. The monoisotopic (exact) mass is 318 g/mol. The molecule has 0 fully saturated rings. The quantitative estimate of drug-likeness (QED) is 0.860. The Labute approximate surface area is 123 Å². The number of halogens is 4. The standard InChI is InChI=1S/C14H14F4N2O2/c1-8-19-20-13(22-8)7-12(21)10-6-9(2-3-11(10)15)4-5-14(16,17)18/h2-3,6,12,21H,4-5,7H2,1H3. The normalized spacial score (nSPS) is 13.4. The second-order valence-electron chi connectivity index (χ2n) is 4.91. The largest absolute Gasteiger partial charge is 0.425 e. The maximum absolute atomic E-state index is 13.8. The zero-order valence-electron chi connectivity index (χ0n) is 11.7. The van der Waals surface area contributed by atoms with Crippen molar-refractivity contribution in [3.63, 3.8) is 0 Å². The summed E-state index contributed by atoms with van der Waals surface area (Å²) in [5.74, 6) is -0.258. The highest BCUT2D eigenvalue weighted by molar-refractivity contribution is 5.27. The maximum atomic E-state index is 13.8. The molecule has 0 saturated carbocycles. The van der Waals surface area contributed by atoms with E-state index in [2.05, 4.69) is 10.2 Å². The summed E-state index contributed by atoms with van der Waals surface area (Å²) in [7, 11) is 0. The van der Waals surface area contributed by atoms with Gasteiger partial charge >= 0.3 is 6.18 Å². The molecule has 120 valence electrons. The van der Waals surface area contributed by atoms with Crippen molar-refractivity contribution in [2.24, 2.45) is 0 Å². The number of hydrogen-bond donors (Lipinski definition) is 1. The van der Waals surface area contributed by atoms with Gasteiger partial charge in [-0.1, -0.05) is 12.1 Å². The molecule has 8 heteroatoms. The molecule has 2 rings (SSSR count). The van der Waals surface area contributed by atoms with Crippen molar-refractivity contribution in [2.75, 3.05) is 0 Å². The van der Waals surface area contributed by atoms with Gasteiger partial charge in [-0.2, -0.15) is 13.2 Å². The molecule has 2 aromatic rings. The van der Waals surface area contributed by atoms with Gasteiger partial charge in [0.15, 0.2) is 0 Å². The van der Waals surface area contributed by atoms with Gasteiger partial charge in [-0.05, 0) is 18.1 Å². The first-order valence-corrected chi connectivity index (χ1v) is 6.57. The smallest absolute Gasteiger partial charge is 0.389 e. The van der Waals surface area contributed by atoms with Gasteiger partial charge in [0, 0.05) is 18.9 Å². The summed E-state index contributed by atoms with van der Waals surface area (Å²) in [6.45, 7) is 1.57. The summed E-state index contributed by atoms with van der Waals surface area (Å²) in [5, 5.41) is 17.3. The van der Waals surface area contributed by atoms with Crippen LogP contribution < -0.4 is 0 Å². The first-order valence-electron chi connectivity index (χ1n) is 6.57. The lowest BCUT2D eigenvalue weighted by Gasteiger charge is -2.12. The van der Waals surface area contributed by atoms with E-state index in [4.69, 9.17) is 4.42 Å². The topological polar surface area (TPSA) is 59.2 Å². The van der Waals surface area contributed by atoms with Crippen LogP contribution in [0.25, 0.3) is 0 Å². The summed E-state index contributed by atoms with van der Waals surface area (Å²) in [6, 6.07) is 3.55. The average Bonchev–Trinajstić information content (AvgIpc) is 2.82.